The van der Waals surface area contributed by atoms with Crippen LogP contribution in [0.1, 0.15) is 84.5 Å². The largest absolute Gasteiger partial charge is 0.494 e. The summed E-state index contributed by atoms with van der Waals surface area (Å²) in [5.74, 6) is 1.68. The van der Waals surface area contributed by atoms with Gasteiger partial charge in [0.1, 0.15) is 5.75 Å². The van der Waals surface area contributed by atoms with E-state index in [-0.39, 0.29) is 0 Å². The number of aromatic nitrogens is 1. The molecule has 0 bridgehead atoms. The van der Waals surface area contributed by atoms with E-state index in [1.165, 1.54) is 68.6 Å². The van der Waals surface area contributed by atoms with Crippen LogP contribution in [-0.4, -0.2) is 18.2 Å². The Morgan fingerprint density at radius 2 is 1.26 bits per heavy atom. The summed E-state index contributed by atoms with van der Waals surface area (Å²) >= 11 is 0. The van der Waals surface area contributed by atoms with E-state index in [4.69, 9.17) is 14.5 Å². The highest BCUT2D eigenvalue weighted by Gasteiger charge is 2.06. The Balaban J connectivity index is 1.54. The van der Waals surface area contributed by atoms with Crippen LogP contribution in [0.25, 0.3) is 21.7 Å². The Bertz CT molecular complexity index is 921. The van der Waals surface area contributed by atoms with Crippen molar-refractivity contribution in [1.29, 1.82) is 0 Å². The average Bonchev–Trinajstić information content (AvgIpc) is 2.80. The number of hydrogen-bond acceptors (Lipinski definition) is 3. The van der Waals surface area contributed by atoms with E-state index in [1.54, 1.807) is 0 Å². The van der Waals surface area contributed by atoms with Gasteiger partial charge < -0.3 is 9.47 Å². The molecule has 0 atom stereocenters. The summed E-state index contributed by atoms with van der Waals surface area (Å²) in [4.78, 5) is 4.73. The number of nitrogens with zero attached hydrogens (tertiary/aromatic N) is 1. The van der Waals surface area contributed by atoms with Crippen molar-refractivity contribution in [1.82, 2.24) is 4.98 Å². The van der Waals surface area contributed by atoms with Crippen LogP contribution >= 0.6 is 0 Å². The molecule has 0 spiro atoms. The lowest BCUT2D eigenvalue weighted by molar-refractivity contribution is 0.294. The molecule has 3 heteroatoms. The lowest BCUT2D eigenvalue weighted by atomic mass is 10.0. The fourth-order valence-corrected chi connectivity index (χ4v) is 4.03. The van der Waals surface area contributed by atoms with Crippen molar-refractivity contribution < 1.29 is 9.47 Å². The SMILES string of the molecule is CCCCCCCCOc1ccc2c(ccc3cc(OCCCCCCC)ccc32)n1. The molecule has 0 saturated carbocycles. The standard InChI is InChI=1S/C28H39NO2/c1-3-5-7-9-11-13-21-31-28-19-17-26-25-16-15-24(30-20-12-10-8-6-4-2)22-23(25)14-18-27(26)29-28/h14-19,22H,3-13,20-21H2,1-2H3. The zero-order valence-electron chi connectivity index (χ0n) is 19.5. The van der Waals surface area contributed by atoms with E-state index in [2.05, 4.69) is 50.2 Å². The first-order valence-electron chi connectivity index (χ1n) is 12.4. The molecule has 0 N–H and O–H groups in total. The van der Waals surface area contributed by atoms with Gasteiger partial charge in [0.25, 0.3) is 0 Å². The third kappa shape index (κ3) is 7.41. The van der Waals surface area contributed by atoms with Gasteiger partial charge in [0.2, 0.25) is 5.88 Å². The van der Waals surface area contributed by atoms with Crippen molar-refractivity contribution in [3.63, 3.8) is 0 Å². The van der Waals surface area contributed by atoms with Crippen molar-refractivity contribution in [2.75, 3.05) is 13.2 Å². The van der Waals surface area contributed by atoms with E-state index >= 15 is 0 Å². The quantitative estimate of drug-likeness (QED) is 0.182. The number of benzene rings is 2. The maximum absolute atomic E-state index is 5.98. The lowest BCUT2D eigenvalue weighted by Crippen LogP contribution is -1.99. The highest BCUT2D eigenvalue weighted by atomic mass is 16.5. The Morgan fingerprint density at radius 1 is 0.613 bits per heavy atom. The van der Waals surface area contributed by atoms with Crippen molar-refractivity contribution in [3.8, 4) is 11.6 Å². The fraction of sp³-hybridized carbons (Fsp3) is 0.536. The van der Waals surface area contributed by atoms with Crippen LogP contribution < -0.4 is 9.47 Å². The van der Waals surface area contributed by atoms with Gasteiger partial charge >= 0.3 is 0 Å². The van der Waals surface area contributed by atoms with Gasteiger partial charge in [-0.25, -0.2) is 4.98 Å². The van der Waals surface area contributed by atoms with Gasteiger partial charge in [-0.05, 0) is 47.9 Å². The van der Waals surface area contributed by atoms with Crippen LogP contribution in [0.15, 0.2) is 42.5 Å². The normalized spacial score (nSPS) is 11.3. The van der Waals surface area contributed by atoms with E-state index in [0.29, 0.717) is 0 Å². The summed E-state index contributed by atoms with van der Waals surface area (Å²) < 4.78 is 11.9. The molecule has 3 aromatic rings. The molecule has 0 aliphatic rings. The average molecular weight is 422 g/mol. The molecule has 0 fully saturated rings. The summed E-state index contributed by atoms with van der Waals surface area (Å²) in [5, 5.41) is 3.57. The van der Waals surface area contributed by atoms with Gasteiger partial charge in [0, 0.05) is 11.5 Å². The number of rotatable bonds is 15. The Morgan fingerprint density at radius 3 is 2.00 bits per heavy atom. The van der Waals surface area contributed by atoms with E-state index < -0.39 is 0 Å². The molecule has 0 unspecified atom stereocenters. The van der Waals surface area contributed by atoms with Gasteiger partial charge in [-0.15, -0.1) is 0 Å². The minimum atomic E-state index is 0.725. The van der Waals surface area contributed by atoms with Crippen molar-refractivity contribution >= 4 is 21.7 Å². The second-order valence-electron chi connectivity index (χ2n) is 8.54. The molecule has 1 heterocycles. The first kappa shape index (κ1) is 23.4. The number of ether oxygens (including phenoxy) is 2. The van der Waals surface area contributed by atoms with Crippen LogP contribution in [0, 0.1) is 0 Å². The molecule has 3 nitrogen and oxygen atoms in total. The Labute approximate surface area is 188 Å². The third-order valence-electron chi connectivity index (χ3n) is 5.90. The number of hydrogen-bond donors (Lipinski definition) is 0. The van der Waals surface area contributed by atoms with Crippen molar-refractivity contribution in [2.24, 2.45) is 0 Å². The summed E-state index contributed by atoms with van der Waals surface area (Å²) in [7, 11) is 0. The third-order valence-corrected chi connectivity index (χ3v) is 5.90. The molecule has 0 radical (unpaired) electrons. The Kier molecular flexibility index (Phi) is 9.95. The van der Waals surface area contributed by atoms with Gasteiger partial charge in [0.05, 0.1) is 18.7 Å². The first-order chi connectivity index (χ1) is 15.3. The minimum absolute atomic E-state index is 0.725. The zero-order chi connectivity index (χ0) is 21.7. The first-order valence-corrected chi connectivity index (χ1v) is 12.4. The molecule has 3 rings (SSSR count). The zero-order valence-corrected chi connectivity index (χ0v) is 19.5. The summed E-state index contributed by atoms with van der Waals surface area (Å²) in [6.45, 7) is 6.04. The van der Waals surface area contributed by atoms with Crippen LogP contribution in [-0.2, 0) is 0 Å². The van der Waals surface area contributed by atoms with E-state index in [9.17, 15) is 0 Å². The monoisotopic (exact) mass is 421 g/mol. The number of unbranched alkanes of at least 4 members (excludes halogenated alkanes) is 9. The maximum atomic E-state index is 5.98. The van der Waals surface area contributed by atoms with Crippen LogP contribution in [0.3, 0.4) is 0 Å². The summed E-state index contributed by atoms with van der Waals surface area (Å²) in [6, 6.07) is 14.7. The maximum Gasteiger partial charge on any atom is 0.213 e. The van der Waals surface area contributed by atoms with Crippen LogP contribution in [0.5, 0.6) is 11.6 Å². The Hall–Kier alpha value is -2.29. The van der Waals surface area contributed by atoms with Crippen molar-refractivity contribution in [3.05, 3.63) is 42.5 Å². The molecule has 1 aromatic heterocycles. The second-order valence-corrected chi connectivity index (χ2v) is 8.54. The van der Waals surface area contributed by atoms with Crippen LogP contribution in [0.4, 0.5) is 0 Å². The molecule has 2 aromatic carbocycles. The molecular weight excluding hydrogens is 382 g/mol. The number of pyridine rings is 1. The second kappa shape index (κ2) is 13.2. The van der Waals surface area contributed by atoms with Gasteiger partial charge in [-0.2, -0.15) is 0 Å². The summed E-state index contributed by atoms with van der Waals surface area (Å²) in [5.41, 5.74) is 0.984. The van der Waals surface area contributed by atoms with E-state index in [0.717, 1.165) is 48.6 Å². The van der Waals surface area contributed by atoms with Gasteiger partial charge in [-0.1, -0.05) is 83.8 Å². The van der Waals surface area contributed by atoms with Gasteiger partial charge in [-0.3, -0.25) is 0 Å². The highest BCUT2D eigenvalue weighted by Crippen LogP contribution is 2.29. The summed E-state index contributed by atoms with van der Waals surface area (Å²) in [6.07, 6.45) is 13.9. The molecule has 0 saturated heterocycles. The molecule has 0 amide bonds. The molecule has 0 aliphatic carbocycles. The van der Waals surface area contributed by atoms with E-state index in [1.807, 2.05) is 6.07 Å². The molecule has 0 aliphatic heterocycles. The molecule has 168 valence electrons. The number of fused-ring (bicyclic) bond motifs is 3. The topological polar surface area (TPSA) is 31.4 Å². The lowest BCUT2D eigenvalue weighted by Gasteiger charge is -2.10. The minimum Gasteiger partial charge on any atom is -0.494 e. The predicted molar refractivity (Wildman–Crippen MR) is 132 cm³/mol. The molecular formula is C28H39NO2. The van der Waals surface area contributed by atoms with Crippen molar-refractivity contribution in [2.45, 2.75) is 84.5 Å². The molecule has 31 heavy (non-hydrogen) atoms. The van der Waals surface area contributed by atoms with Crippen LogP contribution in [0.2, 0.25) is 0 Å². The highest BCUT2D eigenvalue weighted by molar-refractivity contribution is 6.06. The smallest absolute Gasteiger partial charge is 0.213 e. The predicted octanol–water partition coefficient (Wildman–Crippen LogP) is 8.48. The fourth-order valence-electron chi connectivity index (χ4n) is 4.03. The van der Waals surface area contributed by atoms with Gasteiger partial charge in [0.15, 0.2) is 0 Å².